The highest BCUT2D eigenvalue weighted by molar-refractivity contribution is 5.71. The Bertz CT molecular complexity index is 1240. The molecule has 0 fully saturated rings. The van der Waals surface area contributed by atoms with Crippen molar-refractivity contribution in [2.24, 2.45) is 0 Å². The van der Waals surface area contributed by atoms with Crippen LogP contribution in [-0.4, -0.2) is 37.2 Å². The first-order valence-corrected chi connectivity index (χ1v) is 34.8. The van der Waals surface area contributed by atoms with Gasteiger partial charge in [0.05, 0.1) is 0 Å². The van der Waals surface area contributed by atoms with E-state index in [9.17, 15) is 14.4 Å². The van der Waals surface area contributed by atoms with E-state index in [4.69, 9.17) is 14.2 Å². The van der Waals surface area contributed by atoms with E-state index in [1.165, 1.54) is 295 Å². The van der Waals surface area contributed by atoms with Gasteiger partial charge in [-0.25, -0.2) is 0 Å². The third-order valence-corrected chi connectivity index (χ3v) is 15.9. The highest BCUT2D eigenvalue weighted by Gasteiger charge is 2.19. The topological polar surface area (TPSA) is 78.9 Å². The minimum Gasteiger partial charge on any atom is -0.462 e. The van der Waals surface area contributed by atoms with Crippen LogP contribution in [0.4, 0.5) is 0 Å². The number of allylic oxidation sites excluding steroid dienone is 4. The van der Waals surface area contributed by atoms with E-state index in [1.54, 1.807) is 0 Å². The molecular weight excluding hydrogens is 949 g/mol. The molecule has 0 aliphatic carbocycles. The van der Waals surface area contributed by atoms with Crippen LogP contribution in [0.25, 0.3) is 0 Å². The van der Waals surface area contributed by atoms with Crippen LogP contribution in [0, 0.1) is 0 Å². The first-order chi connectivity index (χ1) is 38.0. The predicted molar refractivity (Wildman–Crippen MR) is 335 cm³/mol. The van der Waals surface area contributed by atoms with Crippen LogP contribution in [0.2, 0.25) is 0 Å². The summed E-state index contributed by atoms with van der Waals surface area (Å²) >= 11 is 0. The lowest BCUT2D eigenvalue weighted by molar-refractivity contribution is -0.167. The molecule has 454 valence electrons. The van der Waals surface area contributed by atoms with Gasteiger partial charge >= 0.3 is 17.9 Å². The molecule has 0 aliphatic rings. The molecule has 0 bridgehead atoms. The molecule has 0 heterocycles. The Balaban J connectivity index is 4.31. The Kier molecular flexibility index (Phi) is 64.6. The van der Waals surface area contributed by atoms with Crippen molar-refractivity contribution in [1.29, 1.82) is 0 Å². The standard InChI is InChI=1S/C71H134O6/c1-4-7-10-13-16-19-22-25-28-31-34-35-38-40-43-46-49-52-55-58-61-64-70(73)76-67-68(77-71(74)65-62-59-56-53-50-47-44-41-37-33-30-27-24-21-18-15-12-9-6-3)66-75-69(72)63-60-57-54-51-48-45-42-39-36-32-29-26-23-20-17-14-11-8-5-2/h26-27,29-30,68H,4-25,28,31-67H2,1-3H3/b29-26-,30-27-. The van der Waals surface area contributed by atoms with Crippen LogP contribution in [0.15, 0.2) is 24.3 Å². The zero-order chi connectivity index (χ0) is 55.7. The summed E-state index contributed by atoms with van der Waals surface area (Å²) in [5.41, 5.74) is 0. The number of hydrogen-bond donors (Lipinski definition) is 0. The maximum Gasteiger partial charge on any atom is 0.306 e. The van der Waals surface area contributed by atoms with Gasteiger partial charge in [0, 0.05) is 19.3 Å². The Hall–Kier alpha value is -2.11. The summed E-state index contributed by atoms with van der Waals surface area (Å²) in [6.07, 6.45) is 80.5. The third-order valence-electron chi connectivity index (χ3n) is 15.9. The zero-order valence-electron chi connectivity index (χ0n) is 52.3. The fourth-order valence-corrected chi connectivity index (χ4v) is 10.7. The van der Waals surface area contributed by atoms with E-state index in [-0.39, 0.29) is 31.1 Å². The molecule has 0 aromatic carbocycles. The van der Waals surface area contributed by atoms with E-state index in [0.29, 0.717) is 19.3 Å². The number of ether oxygens (including phenoxy) is 3. The number of carbonyl (C=O) groups excluding carboxylic acids is 3. The Morgan fingerprint density at radius 3 is 0.649 bits per heavy atom. The lowest BCUT2D eigenvalue weighted by atomic mass is 10.0. The number of hydrogen-bond acceptors (Lipinski definition) is 6. The van der Waals surface area contributed by atoms with Crippen LogP contribution in [-0.2, 0) is 28.6 Å². The maximum atomic E-state index is 12.9. The number of unbranched alkanes of at least 4 members (excludes halogenated alkanes) is 50. The molecule has 0 spiro atoms. The lowest BCUT2D eigenvalue weighted by Gasteiger charge is -2.18. The summed E-state index contributed by atoms with van der Waals surface area (Å²) in [5, 5.41) is 0. The highest BCUT2D eigenvalue weighted by Crippen LogP contribution is 2.18. The van der Waals surface area contributed by atoms with Crippen LogP contribution in [0.3, 0.4) is 0 Å². The van der Waals surface area contributed by atoms with Crippen molar-refractivity contribution in [1.82, 2.24) is 0 Å². The second-order valence-electron chi connectivity index (χ2n) is 23.8. The molecule has 0 rings (SSSR count). The highest BCUT2D eigenvalue weighted by atomic mass is 16.6. The van der Waals surface area contributed by atoms with Gasteiger partial charge in [0.2, 0.25) is 0 Å². The minimum atomic E-state index is -0.771. The van der Waals surface area contributed by atoms with E-state index in [1.807, 2.05) is 0 Å². The fourth-order valence-electron chi connectivity index (χ4n) is 10.7. The molecule has 0 saturated heterocycles. The van der Waals surface area contributed by atoms with Gasteiger partial charge in [-0.3, -0.25) is 14.4 Å². The Morgan fingerprint density at radius 1 is 0.247 bits per heavy atom. The van der Waals surface area contributed by atoms with Gasteiger partial charge in [0.15, 0.2) is 6.10 Å². The zero-order valence-corrected chi connectivity index (χ0v) is 52.3. The molecule has 0 N–H and O–H groups in total. The molecule has 0 radical (unpaired) electrons. The van der Waals surface area contributed by atoms with Crippen molar-refractivity contribution in [3.63, 3.8) is 0 Å². The summed E-state index contributed by atoms with van der Waals surface area (Å²) in [6, 6.07) is 0. The largest absolute Gasteiger partial charge is 0.462 e. The fraction of sp³-hybridized carbons (Fsp3) is 0.901. The molecule has 0 amide bonds. The second kappa shape index (κ2) is 66.4. The molecule has 0 aromatic rings. The normalized spacial score (nSPS) is 12.1. The van der Waals surface area contributed by atoms with Crippen LogP contribution in [0.1, 0.15) is 393 Å². The van der Waals surface area contributed by atoms with Crippen molar-refractivity contribution in [3.05, 3.63) is 24.3 Å². The van der Waals surface area contributed by atoms with Gasteiger partial charge in [-0.05, 0) is 70.6 Å². The van der Waals surface area contributed by atoms with E-state index >= 15 is 0 Å². The van der Waals surface area contributed by atoms with Gasteiger partial charge in [0.1, 0.15) is 13.2 Å². The van der Waals surface area contributed by atoms with Crippen LogP contribution >= 0.6 is 0 Å². The summed E-state index contributed by atoms with van der Waals surface area (Å²) in [4.78, 5) is 38.4. The van der Waals surface area contributed by atoms with Crippen LogP contribution < -0.4 is 0 Å². The number of rotatable bonds is 65. The molecule has 0 aromatic heterocycles. The molecule has 1 atom stereocenters. The van der Waals surface area contributed by atoms with Gasteiger partial charge in [-0.15, -0.1) is 0 Å². The molecule has 0 aliphatic heterocycles. The Morgan fingerprint density at radius 2 is 0.429 bits per heavy atom. The third kappa shape index (κ3) is 64.6. The average Bonchev–Trinajstić information content (AvgIpc) is 3.43. The van der Waals surface area contributed by atoms with E-state index < -0.39 is 6.10 Å². The maximum absolute atomic E-state index is 12.9. The minimum absolute atomic E-state index is 0.0669. The predicted octanol–water partition coefficient (Wildman–Crippen LogP) is 23.8. The van der Waals surface area contributed by atoms with Crippen molar-refractivity contribution in [2.75, 3.05) is 13.2 Å². The monoisotopic (exact) mass is 1080 g/mol. The van der Waals surface area contributed by atoms with Gasteiger partial charge in [-0.2, -0.15) is 0 Å². The molecule has 77 heavy (non-hydrogen) atoms. The van der Waals surface area contributed by atoms with Crippen LogP contribution in [0.5, 0.6) is 0 Å². The molecule has 6 heteroatoms. The summed E-state index contributed by atoms with van der Waals surface area (Å²) in [7, 11) is 0. The van der Waals surface area contributed by atoms with Crippen molar-refractivity contribution >= 4 is 17.9 Å². The van der Waals surface area contributed by atoms with E-state index in [2.05, 4.69) is 45.1 Å². The van der Waals surface area contributed by atoms with Crippen molar-refractivity contribution in [2.45, 2.75) is 399 Å². The van der Waals surface area contributed by atoms with Gasteiger partial charge in [-0.1, -0.05) is 328 Å². The average molecular weight is 1080 g/mol. The summed E-state index contributed by atoms with van der Waals surface area (Å²) in [5.74, 6) is -0.839. The first kappa shape index (κ1) is 74.9. The quantitative estimate of drug-likeness (QED) is 0.0261. The molecule has 1 unspecified atom stereocenters. The van der Waals surface area contributed by atoms with Gasteiger partial charge < -0.3 is 14.2 Å². The molecule has 6 nitrogen and oxygen atoms in total. The van der Waals surface area contributed by atoms with Gasteiger partial charge in [0.25, 0.3) is 0 Å². The number of carbonyl (C=O) groups is 3. The lowest BCUT2D eigenvalue weighted by Crippen LogP contribution is -2.30. The van der Waals surface area contributed by atoms with Crippen molar-refractivity contribution < 1.29 is 28.6 Å². The van der Waals surface area contributed by atoms with Crippen molar-refractivity contribution in [3.8, 4) is 0 Å². The first-order valence-electron chi connectivity index (χ1n) is 34.8. The SMILES string of the molecule is CCCCCCCC/C=C\CCCCCCCCCCCC(=O)OCC(COC(=O)CCCCCCCCCCCCCCCCCCCCCCC)OC(=O)CCCCCCCCCCC/C=C\CCCCCCCC. The molecule has 0 saturated carbocycles. The second-order valence-corrected chi connectivity index (χ2v) is 23.8. The van der Waals surface area contributed by atoms with E-state index in [0.717, 1.165) is 57.8 Å². The summed E-state index contributed by atoms with van der Waals surface area (Å²) < 4.78 is 17.0. The smallest absolute Gasteiger partial charge is 0.306 e. The summed E-state index contributed by atoms with van der Waals surface area (Å²) in [6.45, 7) is 6.71. The number of esters is 3. The Labute approximate surface area is 481 Å². The molecular formula is C71H134O6.